The second-order valence-corrected chi connectivity index (χ2v) is 3.68. The molecule has 2 heterocycles. The summed E-state index contributed by atoms with van der Waals surface area (Å²) >= 11 is 0. The second kappa shape index (κ2) is 4.28. The fraction of sp³-hybridized carbons (Fsp3) is 0.167. The van der Waals surface area contributed by atoms with E-state index in [4.69, 9.17) is 5.73 Å². The highest BCUT2D eigenvalue weighted by Crippen LogP contribution is 2.14. The van der Waals surface area contributed by atoms with Crippen molar-refractivity contribution in [1.82, 2.24) is 9.97 Å². The molecule has 0 aromatic carbocycles. The average Bonchev–Trinajstić information content (AvgIpc) is 2.29. The van der Waals surface area contributed by atoms with E-state index in [-0.39, 0.29) is 11.6 Å². The fourth-order valence-corrected chi connectivity index (χ4v) is 1.54. The van der Waals surface area contributed by atoms with Crippen molar-refractivity contribution in [3.05, 3.63) is 52.6 Å². The molecule has 3 N–H and O–H groups in total. The van der Waals surface area contributed by atoms with Crippen LogP contribution in [0.2, 0.25) is 0 Å². The van der Waals surface area contributed by atoms with Crippen molar-refractivity contribution in [2.75, 3.05) is 0 Å². The van der Waals surface area contributed by atoms with Gasteiger partial charge in [0.2, 0.25) is 0 Å². The molecule has 1 atom stereocenters. The molecule has 0 saturated carbocycles. The molecule has 0 aliphatic rings. The summed E-state index contributed by atoms with van der Waals surface area (Å²) in [4.78, 5) is 18.4. The summed E-state index contributed by atoms with van der Waals surface area (Å²) in [5.41, 5.74) is 7.84. The highest BCUT2D eigenvalue weighted by molar-refractivity contribution is 5.58. The van der Waals surface area contributed by atoms with Crippen LogP contribution in [0.15, 0.2) is 41.5 Å². The van der Waals surface area contributed by atoms with Gasteiger partial charge in [0.25, 0.3) is 5.56 Å². The second-order valence-electron chi connectivity index (χ2n) is 3.68. The third-order valence-corrected chi connectivity index (χ3v) is 2.42. The largest absolute Gasteiger partial charge is 0.324 e. The number of nitrogens with two attached hydrogens (primary N) is 1. The molecular weight excluding hydrogens is 202 g/mol. The zero-order valence-electron chi connectivity index (χ0n) is 8.97. The fourth-order valence-electron chi connectivity index (χ4n) is 1.54. The Kier molecular flexibility index (Phi) is 2.83. The number of hydrogen-bond acceptors (Lipinski definition) is 3. The first kappa shape index (κ1) is 10.6. The van der Waals surface area contributed by atoms with Crippen molar-refractivity contribution >= 4 is 0 Å². The van der Waals surface area contributed by atoms with Crippen LogP contribution in [0.3, 0.4) is 0 Å². The predicted molar refractivity (Wildman–Crippen MR) is 62.9 cm³/mol. The van der Waals surface area contributed by atoms with Gasteiger partial charge in [-0.2, -0.15) is 0 Å². The first-order valence-electron chi connectivity index (χ1n) is 5.07. The molecular formula is C12H13N3O. The van der Waals surface area contributed by atoms with Crippen molar-refractivity contribution in [2.45, 2.75) is 13.0 Å². The Balaban J connectivity index is 2.47. The highest BCUT2D eigenvalue weighted by atomic mass is 16.1. The van der Waals surface area contributed by atoms with E-state index in [0.29, 0.717) is 5.56 Å². The molecule has 0 spiro atoms. The van der Waals surface area contributed by atoms with Gasteiger partial charge in [-0.3, -0.25) is 9.78 Å². The molecule has 0 aliphatic carbocycles. The third kappa shape index (κ3) is 2.01. The lowest BCUT2D eigenvalue weighted by Crippen LogP contribution is -2.19. The Bertz CT molecular complexity index is 531. The number of pyridine rings is 2. The zero-order valence-corrected chi connectivity index (χ0v) is 8.97. The topological polar surface area (TPSA) is 71.8 Å². The molecule has 0 unspecified atom stereocenters. The van der Waals surface area contributed by atoms with Gasteiger partial charge in [-0.1, -0.05) is 0 Å². The van der Waals surface area contributed by atoms with Crippen LogP contribution in [0.4, 0.5) is 0 Å². The van der Waals surface area contributed by atoms with Gasteiger partial charge in [-0.25, -0.2) is 0 Å². The predicted octanol–water partition coefficient (Wildman–Crippen LogP) is 1.46. The lowest BCUT2D eigenvalue weighted by molar-refractivity contribution is 0.800. The molecule has 0 saturated heterocycles. The molecule has 0 radical (unpaired) electrons. The van der Waals surface area contributed by atoms with E-state index < -0.39 is 0 Å². The van der Waals surface area contributed by atoms with Crippen LogP contribution < -0.4 is 11.3 Å². The Morgan fingerprint density at radius 1 is 1.25 bits per heavy atom. The van der Waals surface area contributed by atoms with Crippen molar-refractivity contribution in [3.63, 3.8) is 0 Å². The number of hydrogen-bond donors (Lipinski definition) is 2. The quantitative estimate of drug-likeness (QED) is 0.796. The standard InChI is InChI=1S/C12H13N3O/c1-8(13)10-2-3-11(15-12(10)16)9-4-6-14-7-5-9/h2-8H,13H2,1H3,(H,15,16)/t8-/m1/s1. The summed E-state index contributed by atoms with van der Waals surface area (Å²) in [6, 6.07) is 7.05. The molecule has 0 fully saturated rings. The lowest BCUT2D eigenvalue weighted by atomic mass is 10.1. The number of rotatable bonds is 2. The van der Waals surface area contributed by atoms with E-state index in [2.05, 4.69) is 9.97 Å². The van der Waals surface area contributed by atoms with Crippen LogP contribution in [0, 0.1) is 0 Å². The Labute approximate surface area is 93.2 Å². The Morgan fingerprint density at radius 3 is 2.50 bits per heavy atom. The van der Waals surface area contributed by atoms with Crippen LogP contribution in [-0.2, 0) is 0 Å². The smallest absolute Gasteiger partial charge is 0.253 e. The summed E-state index contributed by atoms with van der Waals surface area (Å²) in [5, 5.41) is 0. The summed E-state index contributed by atoms with van der Waals surface area (Å²) in [6.07, 6.45) is 3.38. The first-order valence-corrected chi connectivity index (χ1v) is 5.07. The van der Waals surface area contributed by atoms with E-state index >= 15 is 0 Å². The van der Waals surface area contributed by atoms with Crippen molar-refractivity contribution in [1.29, 1.82) is 0 Å². The van der Waals surface area contributed by atoms with Crippen LogP contribution in [0.1, 0.15) is 18.5 Å². The summed E-state index contributed by atoms with van der Waals surface area (Å²) < 4.78 is 0. The van der Waals surface area contributed by atoms with Gasteiger partial charge in [0, 0.05) is 35.3 Å². The van der Waals surface area contributed by atoms with Crippen LogP contribution in [0.5, 0.6) is 0 Å². The lowest BCUT2D eigenvalue weighted by Gasteiger charge is -2.06. The average molecular weight is 215 g/mol. The molecule has 0 bridgehead atoms. The maximum Gasteiger partial charge on any atom is 0.253 e. The molecule has 4 nitrogen and oxygen atoms in total. The Hall–Kier alpha value is -1.94. The van der Waals surface area contributed by atoms with Gasteiger partial charge in [-0.15, -0.1) is 0 Å². The minimum atomic E-state index is -0.254. The van der Waals surface area contributed by atoms with Crippen LogP contribution >= 0.6 is 0 Å². The maximum absolute atomic E-state index is 11.7. The van der Waals surface area contributed by atoms with Gasteiger partial charge in [-0.05, 0) is 31.2 Å². The van der Waals surface area contributed by atoms with E-state index in [1.807, 2.05) is 18.2 Å². The number of nitrogens with one attached hydrogen (secondary N) is 1. The SMILES string of the molecule is C[C@@H](N)c1ccc(-c2ccncc2)[nH]c1=O. The number of aromatic nitrogens is 2. The molecule has 16 heavy (non-hydrogen) atoms. The molecule has 0 amide bonds. The number of aromatic amines is 1. The number of H-pyrrole nitrogens is 1. The van der Waals surface area contributed by atoms with Gasteiger partial charge in [0.1, 0.15) is 0 Å². The Morgan fingerprint density at radius 2 is 1.94 bits per heavy atom. The molecule has 2 aromatic heterocycles. The summed E-state index contributed by atoms with van der Waals surface area (Å²) in [5.74, 6) is 0. The van der Waals surface area contributed by atoms with E-state index in [0.717, 1.165) is 11.3 Å². The minimum absolute atomic E-state index is 0.135. The van der Waals surface area contributed by atoms with Gasteiger partial charge < -0.3 is 10.7 Å². The van der Waals surface area contributed by atoms with Gasteiger partial charge >= 0.3 is 0 Å². The monoisotopic (exact) mass is 215 g/mol. The first-order chi connectivity index (χ1) is 7.68. The van der Waals surface area contributed by atoms with Gasteiger partial charge in [0.05, 0.1) is 0 Å². The van der Waals surface area contributed by atoms with Crippen molar-refractivity contribution in [2.24, 2.45) is 5.73 Å². The third-order valence-electron chi connectivity index (χ3n) is 2.42. The molecule has 82 valence electrons. The normalized spacial score (nSPS) is 12.4. The summed E-state index contributed by atoms with van der Waals surface area (Å²) in [6.45, 7) is 1.79. The summed E-state index contributed by atoms with van der Waals surface area (Å²) in [7, 11) is 0. The van der Waals surface area contributed by atoms with Crippen LogP contribution in [-0.4, -0.2) is 9.97 Å². The van der Waals surface area contributed by atoms with Crippen molar-refractivity contribution < 1.29 is 0 Å². The molecule has 2 rings (SSSR count). The van der Waals surface area contributed by atoms with Crippen molar-refractivity contribution in [3.8, 4) is 11.3 Å². The minimum Gasteiger partial charge on any atom is -0.324 e. The van der Waals surface area contributed by atoms with E-state index in [1.165, 1.54) is 0 Å². The highest BCUT2D eigenvalue weighted by Gasteiger charge is 2.06. The van der Waals surface area contributed by atoms with E-state index in [9.17, 15) is 4.79 Å². The van der Waals surface area contributed by atoms with E-state index in [1.54, 1.807) is 25.4 Å². The number of nitrogens with zero attached hydrogens (tertiary/aromatic N) is 1. The van der Waals surface area contributed by atoms with Crippen LogP contribution in [0.25, 0.3) is 11.3 Å². The molecule has 0 aliphatic heterocycles. The maximum atomic E-state index is 11.7. The molecule has 2 aromatic rings. The van der Waals surface area contributed by atoms with Gasteiger partial charge in [0.15, 0.2) is 0 Å². The molecule has 4 heteroatoms. The zero-order chi connectivity index (χ0) is 11.5.